The van der Waals surface area contributed by atoms with Crippen molar-refractivity contribution in [1.82, 2.24) is 25.0 Å². The molecule has 2 aliphatic heterocycles. The van der Waals surface area contributed by atoms with Crippen LogP contribution in [0.1, 0.15) is 28.5 Å². The Balaban J connectivity index is 1.17. The molecule has 1 saturated heterocycles. The molecule has 7 nitrogen and oxygen atoms in total. The molecule has 30 heavy (non-hydrogen) atoms. The van der Waals surface area contributed by atoms with Crippen LogP contribution in [0, 0.1) is 5.92 Å². The topological polar surface area (TPSA) is 83.0 Å². The second-order valence-electron chi connectivity index (χ2n) is 8.25. The third-order valence-electron chi connectivity index (χ3n) is 6.16. The third kappa shape index (κ3) is 3.68. The summed E-state index contributed by atoms with van der Waals surface area (Å²) in [5.74, 6) is 0.745. The Morgan fingerprint density at radius 1 is 1.10 bits per heavy atom. The van der Waals surface area contributed by atoms with Crippen LogP contribution in [0.3, 0.4) is 0 Å². The Hall–Kier alpha value is -3.19. The van der Waals surface area contributed by atoms with Crippen molar-refractivity contribution in [1.29, 1.82) is 0 Å². The second kappa shape index (κ2) is 7.91. The lowest BCUT2D eigenvalue weighted by Crippen LogP contribution is -2.48. The fraction of sp³-hybridized carbons (Fsp3) is 0.348. The zero-order valence-corrected chi connectivity index (χ0v) is 16.8. The van der Waals surface area contributed by atoms with E-state index in [1.165, 1.54) is 0 Å². The summed E-state index contributed by atoms with van der Waals surface area (Å²) in [4.78, 5) is 27.0. The van der Waals surface area contributed by atoms with Crippen molar-refractivity contribution in [3.8, 4) is 11.3 Å². The smallest absolute Gasteiger partial charge is 0.269 e. The number of H-pyrrole nitrogens is 1. The minimum Gasteiger partial charge on any atom is -0.349 e. The largest absolute Gasteiger partial charge is 0.349 e. The number of likely N-dealkylation sites (tertiary alicyclic amines) is 1. The van der Waals surface area contributed by atoms with Crippen LogP contribution in [-0.2, 0) is 6.54 Å². The van der Waals surface area contributed by atoms with Crippen molar-refractivity contribution in [2.24, 2.45) is 5.92 Å². The van der Waals surface area contributed by atoms with E-state index in [1.54, 1.807) is 12.1 Å². The maximum absolute atomic E-state index is 12.5. The molecule has 1 amide bonds. The van der Waals surface area contributed by atoms with E-state index in [0.29, 0.717) is 24.1 Å². The number of hydrogen-bond donors (Lipinski definition) is 2. The Kier molecular flexibility index (Phi) is 4.96. The van der Waals surface area contributed by atoms with Crippen LogP contribution in [0.15, 0.2) is 59.4 Å². The average Bonchev–Trinajstić information content (AvgIpc) is 3.26. The number of amides is 1. The highest BCUT2D eigenvalue weighted by atomic mass is 16.2. The molecular weight excluding hydrogens is 378 g/mol. The number of benzene rings is 1. The number of fused-ring (bicyclic) bond motifs is 4. The normalized spacial score (nSPS) is 20.5. The molecule has 0 saturated carbocycles. The van der Waals surface area contributed by atoms with Crippen LogP contribution in [-0.4, -0.2) is 51.8 Å². The summed E-state index contributed by atoms with van der Waals surface area (Å²) in [6.45, 7) is 4.08. The molecule has 2 unspecified atom stereocenters. The van der Waals surface area contributed by atoms with Gasteiger partial charge in [-0.15, -0.1) is 0 Å². The Morgan fingerprint density at radius 3 is 2.83 bits per heavy atom. The Labute approximate surface area is 174 Å². The zero-order chi connectivity index (χ0) is 20.5. The molecule has 0 radical (unpaired) electrons. The van der Waals surface area contributed by atoms with Gasteiger partial charge in [0, 0.05) is 56.0 Å². The molecule has 2 aliphatic rings. The first-order chi connectivity index (χ1) is 14.7. The van der Waals surface area contributed by atoms with E-state index < -0.39 is 0 Å². The SMILES string of the molecule is O=C(NCCN1CC2CC(C1)c1cccc(=O)n1C2)c1cc(-c2ccccc2)n[nH]1. The lowest BCUT2D eigenvalue weighted by Gasteiger charge is -2.42. The molecule has 0 aliphatic carbocycles. The molecule has 2 atom stereocenters. The van der Waals surface area contributed by atoms with E-state index in [0.717, 1.165) is 49.6 Å². The number of aromatic nitrogens is 3. The van der Waals surface area contributed by atoms with Crippen LogP contribution >= 0.6 is 0 Å². The Morgan fingerprint density at radius 2 is 1.97 bits per heavy atom. The summed E-state index contributed by atoms with van der Waals surface area (Å²) >= 11 is 0. The number of rotatable bonds is 5. The highest BCUT2D eigenvalue weighted by Crippen LogP contribution is 2.34. The first-order valence-corrected chi connectivity index (χ1v) is 10.5. The third-order valence-corrected chi connectivity index (χ3v) is 6.16. The van der Waals surface area contributed by atoms with E-state index in [9.17, 15) is 9.59 Å². The minimum absolute atomic E-state index is 0.109. The summed E-state index contributed by atoms with van der Waals surface area (Å²) in [7, 11) is 0. The number of piperidine rings is 1. The number of aromatic amines is 1. The van der Waals surface area contributed by atoms with Gasteiger partial charge in [0.15, 0.2) is 0 Å². The number of hydrogen-bond acceptors (Lipinski definition) is 4. The van der Waals surface area contributed by atoms with Crippen molar-refractivity contribution >= 4 is 5.91 Å². The summed E-state index contributed by atoms with van der Waals surface area (Å²) < 4.78 is 1.94. The fourth-order valence-corrected chi connectivity index (χ4v) is 4.80. The molecule has 1 aromatic carbocycles. The number of carbonyl (C=O) groups is 1. The fourth-order valence-electron chi connectivity index (χ4n) is 4.80. The summed E-state index contributed by atoms with van der Waals surface area (Å²) in [5.41, 5.74) is 3.47. The first-order valence-electron chi connectivity index (χ1n) is 10.5. The van der Waals surface area contributed by atoms with Crippen molar-refractivity contribution in [2.45, 2.75) is 18.9 Å². The van der Waals surface area contributed by atoms with Gasteiger partial charge in [-0.2, -0.15) is 5.10 Å². The van der Waals surface area contributed by atoms with Gasteiger partial charge in [-0.05, 0) is 24.5 Å². The van der Waals surface area contributed by atoms with Gasteiger partial charge in [0.25, 0.3) is 11.5 Å². The summed E-state index contributed by atoms with van der Waals surface area (Å²) in [5, 5.41) is 10.1. The lowest BCUT2D eigenvalue weighted by atomic mass is 9.83. The molecule has 1 fully saturated rings. The molecular formula is C23H25N5O2. The van der Waals surface area contributed by atoms with Gasteiger partial charge in [0.2, 0.25) is 0 Å². The van der Waals surface area contributed by atoms with E-state index >= 15 is 0 Å². The molecule has 154 valence electrons. The molecule has 0 spiro atoms. The average molecular weight is 403 g/mol. The van der Waals surface area contributed by atoms with E-state index in [2.05, 4.69) is 26.5 Å². The van der Waals surface area contributed by atoms with Crippen LogP contribution < -0.4 is 10.9 Å². The molecule has 4 heterocycles. The molecule has 3 aromatic rings. The number of nitrogens with one attached hydrogen (secondary N) is 2. The quantitative estimate of drug-likeness (QED) is 0.683. The molecule has 5 rings (SSSR count). The van der Waals surface area contributed by atoms with Gasteiger partial charge < -0.3 is 14.8 Å². The van der Waals surface area contributed by atoms with E-state index in [-0.39, 0.29) is 11.5 Å². The van der Waals surface area contributed by atoms with Gasteiger partial charge >= 0.3 is 0 Å². The molecule has 7 heteroatoms. The standard InChI is InChI=1S/C23H25N5O2/c29-22-8-4-7-21-18-11-16(14-28(21)22)13-27(15-18)10-9-24-23(30)20-12-19(25-26-20)17-5-2-1-3-6-17/h1-8,12,16,18H,9-11,13-15H2,(H,24,30)(H,25,26). The maximum Gasteiger partial charge on any atom is 0.269 e. The van der Waals surface area contributed by atoms with Crippen LogP contribution in [0.5, 0.6) is 0 Å². The second-order valence-corrected chi connectivity index (χ2v) is 8.25. The molecule has 2 N–H and O–H groups in total. The van der Waals surface area contributed by atoms with Crippen molar-refractivity contribution in [3.05, 3.63) is 76.3 Å². The predicted molar refractivity (Wildman–Crippen MR) is 114 cm³/mol. The summed E-state index contributed by atoms with van der Waals surface area (Å²) in [6, 6.07) is 17.2. The maximum atomic E-state index is 12.5. The van der Waals surface area contributed by atoms with Crippen LogP contribution in [0.25, 0.3) is 11.3 Å². The van der Waals surface area contributed by atoms with Crippen molar-refractivity contribution in [2.75, 3.05) is 26.2 Å². The first kappa shape index (κ1) is 18.8. The number of carbonyl (C=O) groups excluding carboxylic acids is 1. The van der Waals surface area contributed by atoms with Crippen LogP contribution in [0.2, 0.25) is 0 Å². The summed E-state index contributed by atoms with van der Waals surface area (Å²) in [6.07, 6.45) is 1.14. The van der Waals surface area contributed by atoms with Gasteiger partial charge in [-0.3, -0.25) is 14.7 Å². The van der Waals surface area contributed by atoms with Crippen molar-refractivity contribution < 1.29 is 4.79 Å². The number of nitrogens with zero attached hydrogens (tertiary/aromatic N) is 3. The molecule has 2 bridgehead atoms. The van der Waals surface area contributed by atoms with Gasteiger partial charge in [-0.25, -0.2) is 0 Å². The minimum atomic E-state index is -0.140. The molecule has 2 aromatic heterocycles. The predicted octanol–water partition coefficient (Wildman–Crippen LogP) is 2.09. The van der Waals surface area contributed by atoms with E-state index in [1.807, 2.05) is 41.0 Å². The zero-order valence-electron chi connectivity index (χ0n) is 16.8. The number of pyridine rings is 1. The highest BCUT2D eigenvalue weighted by molar-refractivity contribution is 5.93. The van der Waals surface area contributed by atoms with Gasteiger partial charge in [-0.1, -0.05) is 36.4 Å². The lowest BCUT2D eigenvalue weighted by molar-refractivity contribution is 0.0923. The highest BCUT2D eigenvalue weighted by Gasteiger charge is 2.34. The van der Waals surface area contributed by atoms with E-state index in [4.69, 9.17) is 0 Å². The van der Waals surface area contributed by atoms with Gasteiger partial charge in [0.05, 0.1) is 5.69 Å². The van der Waals surface area contributed by atoms with Crippen LogP contribution in [0.4, 0.5) is 0 Å². The van der Waals surface area contributed by atoms with Gasteiger partial charge in [0.1, 0.15) is 5.69 Å². The Bertz CT molecular complexity index is 1100. The monoisotopic (exact) mass is 403 g/mol. The van der Waals surface area contributed by atoms with Crippen molar-refractivity contribution in [3.63, 3.8) is 0 Å².